The lowest BCUT2D eigenvalue weighted by molar-refractivity contribution is 0.0551. The fourth-order valence-electron chi connectivity index (χ4n) is 1.77. The third kappa shape index (κ3) is 2.47. The van der Waals surface area contributed by atoms with E-state index in [-0.39, 0.29) is 6.03 Å². The van der Waals surface area contributed by atoms with Gasteiger partial charge in [-0.15, -0.1) is 0 Å². The van der Waals surface area contributed by atoms with Gasteiger partial charge < -0.3 is 15.4 Å². The number of nitrogens with two attached hydrogens (primary N) is 1. The second-order valence-corrected chi connectivity index (χ2v) is 3.88. The number of amides is 2. The van der Waals surface area contributed by atoms with Crippen molar-refractivity contribution >= 4 is 17.4 Å². The lowest BCUT2D eigenvalue weighted by atomic mass is 10.3. The average molecular weight is 236 g/mol. The zero-order chi connectivity index (χ0) is 12.3. The van der Waals surface area contributed by atoms with E-state index >= 15 is 0 Å². The van der Waals surface area contributed by atoms with E-state index in [2.05, 4.69) is 4.98 Å². The summed E-state index contributed by atoms with van der Waals surface area (Å²) in [6.07, 6.45) is 3.16. The monoisotopic (exact) mass is 236 g/mol. The molecule has 0 bridgehead atoms. The molecule has 0 radical (unpaired) electrons. The topological polar surface area (TPSA) is 71.7 Å². The van der Waals surface area contributed by atoms with Crippen molar-refractivity contribution in [1.29, 1.82) is 0 Å². The summed E-state index contributed by atoms with van der Waals surface area (Å²) in [6, 6.07) is 1.67. The molecule has 1 aliphatic heterocycles. The molecular weight excluding hydrogens is 220 g/mol. The molecule has 6 nitrogen and oxygen atoms in total. The molecule has 1 aliphatic rings. The molecule has 0 spiro atoms. The molecule has 1 aromatic heterocycles. The number of aromatic nitrogens is 1. The summed E-state index contributed by atoms with van der Waals surface area (Å²) in [5, 5.41) is 0. The Balaban J connectivity index is 2.11. The molecule has 1 aromatic rings. The molecule has 0 aliphatic carbocycles. The van der Waals surface area contributed by atoms with Gasteiger partial charge in [-0.3, -0.25) is 9.88 Å². The lowest BCUT2D eigenvalue weighted by Crippen LogP contribution is -2.47. The van der Waals surface area contributed by atoms with Crippen LogP contribution in [0.1, 0.15) is 0 Å². The summed E-state index contributed by atoms with van der Waals surface area (Å²) in [5.74, 6) is 0. The van der Waals surface area contributed by atoms with Crippen molar-refractivity contribution in [3.05, 3.63) is 18.5 Å². The molecule has 92 valence electrons. The molecule has 1 saturated heterocycles. The van der Waals surface area contributed by atoms with Crippen molar-refractivity contribution < 1.29 is 9.53 Å². The minimum Gasteiger partial charge on any atom is -0.396 e. The molecule has 1 fully saturated rings. The third-order valence-electron chi connectivity index (χ3n) is 2.76. The Morgan fingerprint density at radius 3 is 2.88 bits per heavy atom. The lowest BCUT2D eigenvalue weighted by Gasteiger charge is -2.31. The molecule has 2 heterocycles. The summed E-state index contributed by atoms with van der Waals surface area (Å²) >= 11 is 0. The SMILES string of the molecule is CN(C(=O)N1CCOCC1)c1ccncc1N. The molecule has 17 heavy (non-hydrogen) atoms. The predicted octanol–water partition coefficient (Wildman–Crippen LogP) is 0.552. The second kappa shape index (κ2) is 5.01. The van der Waals surface area contributed by atoms with E-state index in [1.165, 1.54) is 0 Å². The Morgan fingerprint density at radius 2 is 2.24 bits per heavy atom. The van der Waals surface area contributed by atoms with Crippen LogP contribution in [0.4, 0.5) is 16.2 Å². The van der Waals surface area contributed by atoms with E-state index in [4.69, 9.17) is 10.5 Å². The van der Waals surface area contributed by atoms with E-state index < -0.39 is 0 Å². The Morgan fingerprint density at radius 1 is 1.53 bits per heavy atom. The van der Waals surface area contributed by atoms with Crippen LogP contribution in [0, 0.1) is 0 Å². The number of rotatable bonds is 1. The number of hydrogen-bond acceptors (Lipinski definition) is 4. The van der Waals surface area contributed by atoms with E-state index in [0.29, 0.717) is 37.7 Å². The van der Waals surface area contributed by atoms with Gasteiger partial charge in [0.1, 0.15) is 0 Å². The van der Waals surface area contributed by atoms with E-state index in [1.54, 1.807) is 35.3 Å². The number of hydrogen-bond donors (Lipinski definition) is 1. The molecule has 2 rings (SSSR count). The smallest absolute Gasteiger partial charge is 0.324 e. The van der Waals surface area contributed by atoms with Gasteiger partial charge in [0, 0.05) is 26.3 Å². The van der Waals surface area contributed by atoms with Gasteiger partial charge in [-0.2, -0.15) is 0 Å². The predicted molar refractivity (Wildman–Crippen MR) is 64.8 cm³/mol. The summed E-state index contributed by atoms with van der Waals surface area (Å²) in [7, 11) is 1.71. The van der Waals surface area contributed by atoms with Gasteiger partial charge in [0.05, 0.1) is 30.8 Å². The molecule has 2 N–H and O–H groups in total. The number of nitrogen functional groups attached to an aromatic ring is 1. The second-order valence-electron chi connectivity index (χ2n) is 3.88. The first-order chi connectivity index (χ1) is 8.20. The maximum absolute atomic E-state index is 12.2. The normalized spacial score (nSPS) is 15.7. The molecule has 0 atom stereocenters. The van der Waals surface area contributed by atoms with Gasteiger partial charge >= 0.3 is 6.03 Å². The quantitative estimate of drug-likeness (QED) is 0.773. The zero-order valence-corrected chi connectivity index (χ0v) is 9.80. The van der Waals surface area contributed by atoms with Gasteiger partial charge in [-0.1, -0.05) is 0 Å². The maximum atomic E-state index is 12.2. The minimum absolute atomic E-state index is 0.0637. The fraction of sp³-hybridized carbons (Fsp3) is 0.455. The van der Waals surface area contributed by atoms with Crippen LogP contribution in [0.25, 0.3) is 0 Å². The number of pyridine rings is 1. The Labute approximate surface area is 100.0 Å². The van der Waals surface area contributed by atoms with Crippen LogP contribution in [-0.4, -0.2) is 49.3 Å². The maximum Gasteiger partial charge on any atom is 0.324 e. The van der Waals surface area contributed by atoms with Gasteiger partial charge in [-0.25, -0.2) is 4.79 Å². The minimum atomic E-state index is -0.0637. The van der Waals surface area contributed by atoms with E-state index in [0.717, 1.165) is 0 Å². The summed E-state index contributed by atoms with van der Waals surface area (Å²) < 4.78 is 5.21. The number of carbonyl (C=O) groups is 1. The summed E-state index contributed by atoms with van der Waals surface area (Å²) in [4.78, 5) is 19.4. The van der Waals surface area contributed by atoms with Crippen LogP contribution in [0.3, 0.4) is 0 Å². The molecule has 6 heteroatoms. The van der Waals surface area contributed by atoms with Crippen LogP contribution in [0.15, 0.2) is 18.5 Å². The van der Waals surface area contributed by atoms with Crippen LogP contribution in [0.2, 0.25) is 0 Å². The summed E-state index contributed by atoms with van der Waals surface area (Å²) in [6.45, 7) is 2.42. The van der Waals surface area contributed by atoms with Crippen LogP contribution in [0.5, 0.6) is 0 Å². The first-order valence-electron chi connectivity index (χ1n) is 5.50. The van der Waals surface area contributed by atoms with Gasteiger partial charge in [0.25, 0.3) is 0 Å². The van der Waals surface area contributed by atoms with Crippen molar-refractivity contribution in [3.8, 4) is 0 Å². The van der Waals surface area contributed by atoms with Crippen molar-refractivity contribution in [3.63, 3.8) is 0 Å². The number of morpholine rings is 1. The summed E-state index contributed by atoms with van der Waals surface area (Å²) in [5.41, 5.74) is 6.96. The molecule has 0 unspecified atom stereocenters. The molecule has 2 amide bonds. The van der Waals surface area contributed by atoms with Gasteiger partial charge in [-0.05, 0) is 6.07 Å². The van der Waals surface area contributed by atoms with Crippen molar-refractivity contribution in [1.82, 2.24) is 9.88 Å². The first-order valence-corrected chi connectivity index (χ1v) is 5.50. The highest BCUT2D eigenvalue weighted by atomic mass is 16.5. The Hall–Kier alpha value is -1.82. The highest BCUT2D eigenvalue weighted by molar-refractivity contribution is 5.94. The average Bonchev–Trinajstić information content (AvgIpc) is 2.39. The third-order valence-corrected chi connectivity index (χ3v) is 2.76. The number of nitrogens with zero attached hydrogens (tertiary/aromatic N) is 3. The molecule has 0 saturated carbocycles. The van der Waals surface area contributed by atoms with Crippen LogP contribution >= 0.6 is 0 Å². The zero-order valence-electron chi connectivity index (χ0n) is 9.80. The Kier molecular flexibility index (Phi) is 3.43. The first kappa shape index (κ1) is 11.7. The standard InChI is InChI=1S/C11H16N4O2/c1-14(10-2-3-13-8-9(10)12)11(16)15-4-6-17-7-5-15/h2-3,8H,4-7,12H2,1H3. The van der Waals surface area contributed by atoms with E-state index in [9.17, 15) is 4.79 Å². The highest BCUT2D eigenvalue weighted by Crippen LogP contribution is 2.21. The van der Waals surface area contributed by atoms with Crippen molar-refractivity contribution in [2.24, 2.45) is 0 Å². The van der Waals surface area contributed by atoms with E-state index in [1.807, 2.05) is 0 Å². The number of carbonyl (C=O) groups excluding carboxylic acids is 1. The Bertz CT molecular complexity index is 404. The molecular formula is C11H16N4O2. The largest absolute Gasteiger partial charge is 0.396 e. The van der Waals surface area contributed by atoms with Crippen molar-refractivity contribution in [2.45, 2.75) is 0 Å². The van der Waals surface area contributed by atoms with Crippen LogP contribution < -0.4 is 10.6 Å². The number of anilines is 2. The fourth-order valence-corrected chi connectivity index (χ4v) is 1.77. The van der Waals surface area contributed by atoms with Gasteiger partial charge in [0.2, 0.25) is 0 Å². The van der Waals surface area contributed by atoms with Crippen LogP contribution in [-0.2, 0) is 4.74 Å². The number of ether oxygens (including phenoxy) is 1. The molecule has 0 aromatic carbocycles. The van der Waals surface area contributed by atoms with Crippen molar-refractivity contribution in [2.75, 3.05) is 44.0 Å². The van der Waals surface area contributed by atoms with Gasteiger partial charge in [0.15, 0.2) is 0 Å². The number of urea groups is 1. The highest BCUT2D eigenvalue weighted by Gasteiger charge is 2.22.